The lowest BCUT2D eigenvalue weighted by atomic mass is 10.2. The number of rotatable bonds is 8. The number of nitrogens with one attached hydrogen (secondary N) is 1. The highest BCUT2D eigenvalue weighted by Gasteiger charge is 2.05. The number of carbonyl (C=O) groups excluding carboxylic acids is 1. The molecule has 2 amide bonds. The van der Waals surface area contributed by atoms with Crippen molar-refractivity contribution in [2.75, 3.05) is 26.9 Å². The average Bonchev–Trinajstić information content (AvgIpc) is 2.43. The van der Waals surface area contributed by atoms with Gasteiger partial charge in [0.15, 0.2) is 11.5 Å². The summed E-state index contributed by atoms with van der Waals surface area (Å²) in [5.74, 6) is 1.19. The van der Waals surface area contributed by atoms with Gasteiger partial charge in [-0.3, -0.25) is 0 Å². The predicted octanol–water partition coefficient (Wildman–Crippen LogP) is 1.11. The molecule has 7 nitrogen and oxygen atoms in total. The third kappa shape index (κ3) is 5.57. The summed E-state index contributed by atoms with van der Waals surface area (Å²) >= 11 is 0. The fourth-order valence-electron chi connectivity index (χ4n) is 1.41. The molecule has 0 unspecified atom stereocenters. The van der Waals surface area contributed by atoms with E-state index in [0.717, 1.165) is 5.56 Å². The lowest BCUT2D eigenvalue weighted by molar-refractivity contribution is 0.109. The van der Waals surface area contributed by atoms with E-state index in [1.807, 2.05) is 6.92 Å². The molecule has 0 spiro atoms. The smallest absolute Gasteiger partial charge is 0.332 e. The molecule has 20 heavy (non-hydrogen) atoms. The van der Waals surface area contributed by atoms with E-state index in [2.05, 4.69) is 10.5 Å². The standard InChI is InChI=1S/C13H19N3O4/c1-3-19-6-7-20-12-8-10(4-5-11(12)18-2)9-15-16-13(14)17/h4-5,8-9H,3,6-7H2,1-2H3,(H3,14,16,17). The van der Waals surface area contributed by atoms with Crippen molar-refractivity contribution in [2.24, 2.45) is 10.8 Å². The van der Waals surface area contributed by atoms with E-state index in [4.69, 9.17) is 19.9 Å². The summed E-state index contributed by atoms with van der Waals surface area (Å²) in [6.45, 7) is 3.49. The third-order valence-corrected chi connectivity index (χ3v) is 2.27. The number of ether oxygens (including phenoxy) is 3. The number of hydrazone groups is 1. The van der Waals surface area contributed by atoms with Crippen LogP contribution in [0.2, 0.25) is 0 Å². The van der Waals surface area contributed by atoms with Crippen LogP contribution in [-0.4, -0.2) is 39.2 Å². The van der Waals surface area contributed by atoms with Gasteiger partial charge in [0.2, 0.25) is 0 Å². The van der Waals surface area contributed by atoms with Gasteiger partial charge in [0.1, 0.15) is 6.61 Å². The molecule has 0 aliphatic carbocycles. The van der Waals surface area contributed by atoms with Crippen LogP contribution in [0.3, 0.4) is 0 Å². The Bertz CT molecular complexity index is 463. The van der Waals surface area contributed by atoms with E-state index in [1.165, 1.54) is 6.21 Å². The zero-order chi connectivity index (χ0) is 14.8. The van der Waals surface area contributed by atoms with Crippen molar-refractivity contribution in [1.29, 1.82) is 0 Å². The summed E-state index contributed by atoms with van der Waals surface area (Å²) in [6.07, 6.45) is 1.46. The minimum atomic E-state index is -0.719. The van der Waals surface area contributed by atoms with E-state index in [0.29, 0.717) is 31.3 Å². The van der Waals surface area contributed by atoms with Crippen LogP contribution in [-0.2, 0) is 4.74 Å². The van der Waals surface area contributed by atoms with Gasteiger partial charge < -0.3 is 19.9 Å². The Morgan fingerprint density at radius 3 is 2.85 bits per heavy atom. The third-order valence-electron chi connectivity index (χ3n) is 2.27. The van der Waals surface area contributed by atoms with Crippen molar-refractivity contribution in [2.45, 2.75) is 6.92 Å². The van der Waals surface area contributed by atoms with Crippen molar-refractivity contribution < 1.29 is 19.0 Å². The van der Waals surface area contributed by atoms with Gasteiger partial charge in [-0.2, -0.15) is 5.10 Å². The molecule has 0 aromatic heterocycles. The Labute approximate surface area is 117 Å². The lowest BCUT2D eigenvalue weighted by Gasteiger charge is -2.11. The first-order valence-electron chi connectivity index (χ1n) is 6.14. The maximum atomic E-state index is 10.5. The van der Waals surface area contributed by atoms with E-state index in [9.17, 15) is 4.79 Å². The monoisotopic (exact) mass is 281 g/mol. The molecule has 0 saturated heterocycles. The van der Waals surface area contributed by atoms with Crippen molar-refractivity contribution in [3.05, 3.63) is 23.8 Å². The Morgan fingerprint density at radius 2 is 2.20 bits per heavy atom. The number of methoxy groups -OCH3 is 1. The largest absolute Gasteiger partial charge is 0.493 e. The number of hydrogen-bond donors (Lipinski definition) is 2. The van der Waals surface area contributed by atoms with Crippen LogP contribution >= 0.6 is 0 Å². The Hall–Kier alpha value is -2.28. The minimum Gasteiger partial charge on any atom is -0.493 e. The summed E-state index contributed by atoms with van der Waals surface area (Å²) < 4.78 is 16.0. The number of benzene rings is 1. The van der Waals surface area contributed by atoms with Crippen LogP contribution in [0.25, 0.3) is 0 Å². The molecule has 0 radical (unpaired) electrons. The molecular weight excluding hydrogens is 262 g/mol. The Kier molecular flexibility index (Phi) is 6.91. The normalized spacial score (nSPS) is 10.5. The van der Waals surface area contributed by atoms with Gasteiger partial charge in [0, 0.05) is 6.61 Å². The van der Waals surface area contributed by atoms with Crippen molar-refractivity contribution >= 4 is 12.2 Å². The second-order valence-electron chi connectivity index (χ2n) is 3.69. The average molecular weight is 281 g/mol. The van der Waals surface area contributed by atoms with Crippen LogP contribution in [0.15, 0.2) is 23.3 Å². The van der Waals surface area contributed by atoms with Crippen molar-refractivity contribution in [3.63, 3.8) is 0 Å². The molecule has 0 aliphatic heterocycles. The zero-order valence-corrected chi connectivity index (χ0v) is 11.6. The van der Waals surface area contributed by atoms with Crippen LogP contribution < -0.4 is 20.6 Å². The number of amides is 2. The fraction of sp³-hybridized carbons (Fsp3) is 0.385. The maximum Gasteiger partial charge on any atom is 0.332 e. The van der Waals surface area contributed by atoms with Gasteiger partial charge in [-0.15, -0.1) is 0 Å². The molecule has 110 valence electrons. The highest BCUT2D eigenvalue weighted by Crippen LogP contribution is 2.27. The Morgan fingerprint density at radius 1 is 1.40 bits per heavy atom. The van der Waals surface area contributed by atoms with Crippen molar-refractivity contribution in [1.82, 2.24) is 5.43 Å². The number of nitrogens with zero attached hydrogens (tertiary/aromatic N) is 1. The number of hydrogen-bond acceptors (Lipinski definition) is 5. The summed E-state index contributed by atoms with van der Waals surface area (Å²) in [6, 6.07) is 4.56. The molecule has 3 N–H and O–H groups in total. The van der Waals surface area contributed by atoms with Gasteiger partial charge >= 0.3 is 6.03 Å². The molecule has 1 aromatic carbocycles. The molecule has 1 rings (SSSR count). The summed E-state index contributed by atoms with van der Waals surface area (Å²) in [7, 11) is 1.56. The molecule has 0 bridgehead atoms. The van der Waals surface area contributed by atoms with Gasteiger partial charge in [0.25, 0.3) is 0 Å². The van der Waals surface area contributed by atoms with Crippen LogP contribution in [0, 0.1) is 0 Å². The first kappa shape index (κ1) is 15.8. The second kappa shape index (κ2) is 8.76. The molecule has 0 saturated carbocycles. The summed E-state index contributed by atoms with van der Waals surface area (Å²) in [5, 5.41) is 3.68. The topological polar surface area (TPSA) is 95.2 Å². The van der Waals surface area contributed by atoms with Gasteiger partial charge in [0.05, 0.1) is 19.9 Å². The first-order chi connectivity index (χ1) is 9.67. The number of urea groups is 1. The van der Waals surface area contributed by atoms with E-state index in [1.54, 1.807) is 25.3 Å². The van der Waals surface area contributed by atoms with E-state index in [-0.39, 0.29) is 0 Å². The van der Waals surface area contributed by atoms with Crippen LogP contribution in [0.1, 0.15) is 12.5 Å². The molecule has 0 heterocycles. The summed E-state index contributed by atoms with van der Waals surface area (Å²) in [4.78, 5) is 10.5. The highest BCUT2D eigenvalue weighted by molar-refractivity contribution is 5.82. The number of carbonyl (C=O) groups is 1. The van der Waals surface area contributed by atoms with Crippen LogP contribution in [0.4, 0.5) is 4.79 Å². The molecule has 0 aliphatic rings. The van der Waals surface area contributed by atoms with Crippen molar-refractivity contribution in [3.8, 4) is 11.5 Å². The molecule has 0 atom stereocenters. The van der Waals surface area contributed by atoms with E-state index >= 15 is 0 Å². The fourth-order valence-corrected chi connectivity index (χ4v) is 1.41. The molecule has 7 heteroatoms. The number of nitrogens with two attached hydrogens (primary N) is 1. The second-order valence-corrected chi connectivity index (χ2v) is 3.69. The summed E-state index contributed by atoms with van der Waals surface area (Å²) in [5.41, 5.74) is 7.76. The maximum absolute atomic E-state index is 10.5. The SMILES string of the molecule is CCOCCOc1cc(C=NNC(N)=O)ccc1OC. The zero-order valence-electron chi connectivity index (χ0n) is 11.6. The molecule has 0 fully saturated rings. The van der Waals surface area contributed by atoms with Gasteiger partial charge in [-0.25, -0.2) is 10.2 Å². The van der Waals surface area contributed by atoms with Gasteiger partial charge in [-0.05, 0) is 30.7 Å². The quantitative estimate of drug-likeness (QED) is 0.424. The molecule has 1 aromatic rings. The van der Waals surface area contributed by atoms with Crippen LogP contribution in [0.5, 0.6) is 11.5 Å². The minimum absolute atomic E-state index is 0.421. The predicted molar refractivity (Wildman–Crippen MR) is 75.3 cm³/mol. The number of primary amides is 1. The van der Waals surface area contributed by atoms with Gasteiger partial charge in [-0.1, -0.05) is 0 Å². The first-order valence-corrected chi connectivity index (χ1v) is 6.14. The Balaban J connectivity index is 2.69. The lowest BCUT2D eigenvalue weighted by Crippen LogP contribution is -2.24. The highest BCUT2D eigenvalue weighted by atomic mass is 16.5. The van der Waals surface area contributed by atoms with E-state index < -0.39 is 6.03 Å². The molecular formula is C13H19N3O4.